The fraction of sp³-hybridized carbons (Fsp3) is 0.586. The number of piperidine rings is 2. The Balaban J connectivity index is 1.42. The highest BCUT2D eigenvalue weighted by molar-refractivity contribution is 6.23. The zero-order valence-corrected chi connectivity index (χ0v) is 23.6. The van der Waals surface area contributed by atoms with Crippen molar-refractivity contribution in [2.45, 2.75) is 77.9 Å². The molecule has 4 rings (SSSR count). The lowest BCUT2D eigenvalue weighted by Gasteiger charge is -2.37. The normalized spacial score (nSPS) is 21.6. The molecule has 3 unspecified atom stereocenters. The minimum atomic E-state index is -1.18. The van der Waals surface area contributed by atoms with Gasteiger partial charge in [-0.2, -0.15) is 0 Å². The summed E-state index contributed by atoms with van der Waals surface area (Å²) in [5, 5.41) is 2.84. The summed E-state index contributed by atoms with van der Waals surface area (Å²) in [5.74, 6) is -3.86. The molecule has 3 aliphatic heterocycles. The highest BCUT2D eigenvalue weighted by Crippen LogP contribution is 2.29. The van der Waals surface area contributed by atoms with Crippen molar-refractivity contribution >= 4 is 35.5 Å². The molecule has 11 heteroatoms. The topological polar surface area (TPSA) is 133 Å². The Labute approximate surface area is 234 Å². The van der Waals surface area contributed by atoms with Gasteiger partial charge in [-0.3, -0.25) is 33.8 Å². The summed E-state index contributed by atoms with van der Waals surface area (Å²) < 4.78 is 5.39. The third-order valence-corrected chi connectivity index (χ3v) is 7.86. The van der Waals surface area contributed by atoms with Crippen LogP contribution in [0, 0.1) is 11.8 Å². The standard InChI is InChI=1S/C29H38N4O7/c1-17(2)23(30-25(35)24(18(3)4)31-14-8-5-9-15-31)29(39)40-16-32-22(34)13-12-21(28(32)38)33-26(36)19-10-6-7-11-20(19)27(33)37/h6-7,10-11,17-18,21,23-24H,5,8-9,12-16H2,1-4H3,(H,30,35). The minimum absolute atomic E-state index is 0.00858. The van der Waals surface area contributed by atoms with Crippen molar-refractivity contribution in [1.82, 2.24) is 20.0 Å². The molecule has 1 N–H and O–H groups in total. The van der Waals surface area contributed by atoms with E-state index in [-0.39, 0.29) is 47.8 Å². The number of amides is 5. The number of hydrogen-bond acceptors (Lipinski definition) is 8. The van der Waals surface area contributed by atoms with Crippen LogP contribution in [-0.2, 0) is 23.9 Å². The van der Waals surface area contributed by atoms with Crippen molar-refractivity contribution in [2.75, 3.05) is 19.8 Å². The smallest absolute Gasteiger partial charge is 0.330 e. The van der Waals surface area contributed by atoms with E-state index in [4.69, 9.17) is 4.74 Å². The molecular weight excluding hydrogens is 516 g/mol. The predicted octanol–water partition coefficient (Wildman–Crippen LogP) is 1.95. The van der Waals surface area contributed by atoms with Gasteiger partial charge in [-0.1, -0.05) is 46.2 Å². The quantitative estimate of drug-likeness (QED) is 0.362. The van der Waals surface area contributed by atoms with Gasteiger partial charge in [-0.25, -0.2) is 9.69 Å². The zero-order valence-electron chi connectivity index (χ0n) is 23.6. The van der Waals surface area contributed by atoms with E-state index in [1.165, 1.54) is 12.1 Å². The monoisotopic (exact) mass is 554 g/mol. The average molecular weight is 555 g/mol. The second-order valence-electron chi connectivity index (χ2n) is 11.3. The van der Waals surface area contributed by atoms with Crippen LogP contribution in [0.2, 0.25) is 0 Å². The Morgan fingerprint density at radius 3 is 2.08 bits per heavy atom. The first-order valence-electron chi connectivity index (χ1n) is 14.0. The van der Waals surface area contributed by atoms with Gasteiger partial charge in [0.15, 0.2) is 6.73 Å². The Kier molecular flexibility index (Phi) is 9.02. The van der Waals surface area contributed by atoms with Crippen LogP contribution in [0.25, 0.3) is 0 Å². The number of carbonyl (C=O) groups excluding carboxylic acids is 6. The summed E-state index contributed by atoms with van der Waals surface area (Å²) in [4.78, 5) is 82.0. The van der Waals surface area contributed by atoms with Crippen molar-refractivity contribution < 1.29 is 33.5 Å². The molecule has 216 valence electrons. The number of carbonyl (C=O) groups is 6. The first-order chi connectivity index (χ1) is 19.0. The summed E-state index contributed by atoms with van der Waals surface area (Å²) in [6.07, 6.45) is 3.06. The van der Waals surface area contributed by atoms with Crippen LogP contribution < -0.4 is 5.32 Å². The van der Waals surface area contributed by atoms with Gasteiger partial charge in [-0.05, 0) is 56.3 Å². The third kappa shape index (κ3) is 5.79. The lowest BCUT2D eigenvalue weighted by molar-refractivity contribution is -0.166. The third-order valence-electron chi connectivity index (χ3n) is 7.86. The van der Waals surface area contributed by atoms with E-state index in [2.05, 4.69) is 10.2 Å². The van der Waals surface area contributed by atoms with Crippen LogP contribution in [0.3, 0.4) is 0 Å². The number of hydrogen-bond donors (Lipinski definition) is 1. The number of ether oxygens (including phenoxy) is 1. The van der Waals surface area contributed by atoms with Gasteiger partial charge in [0, 0.05) is 6.42 Å². The Morgan fingerprint density at radius 1 is 0.925 bits per heavy atom. The molecule has 40 heavy (non-hydrogen) atoms. The molecule has 0 radical (unpaired) electrons. The highest BCUT2D eigenvalue weighted by Gasteiger charge is 2.47. The second kappa shape index (κ2) is 12.3. The fourth-order valence-corrected chi connectivity index (χ4v) is 5.73. The molecule has 2 saturated heterocycles. The van der Waals surface area contributed by atoms with Gasteiger partial charge in [0.25, 0.3) is 17.7 Å². The molecule has 3 aliphatic rings. The lowest BCUT2D eigenvalue weighted by atomic mass is 9.97. The molecule has 5 amide bonds. The first-order valence-corrected chi connectivity index (χ1v) is 14.0. The molecule has 0 saturated carbocycles. The molecule has 0 aromatic heterocycles. The van der Waals surface area contributed by atoms with Crippen molar-refractivity contribution in [2.24, 2.45) is 11.8 Å². The number of rotatable bonds is 9. The SMILES string of the molecule is CC(C)C(NC(=O)C(C(C)C)N1CCCCC1)C(=O)OCN1C(=O)CCC(N2C(=O)c3ccccc3C2=O)C1=O. The zero-order chi connectivity index (χ0) is 29.1. The second-order valence-corrected chi connectivity index (χ2v) is 11.3. The van der Waals surface area contributed by atoms with E-state index in [1.54, 1.807) is 26.0 Å². The lowest BCUT2D eigenvalue weighted by Crippen LogP contribution is -2.58. The van der Waals surface area contributed by atoms with E-state index >= 15 is 0 Å². The highest BCUT2D eigenvalue weighted by atomic mass is 16.5. The van der Waals surface area contributed by atoms with Gasteiger partial charge >= 0.3 is 5.97 Å². The summed E-state index contributed by atoms with van der Waals surface area (Å²) in [5.41, 5.74) is 0.407. The number of benzene rings is 1. The molecule has 0 spiro atoms. The molecule has 1 aromatic rings. The van der Waals surface area contributed by atoms with Gasteiger partial charge in [0.1, 0.15) is 12.1 Å². The molecular formula is C29H38N4O7. The van der Waals surface area contributed by atoms with E-state index in [1.807, 2.05) is 13.8 Å². The van der Waals surface area contributed by atoms with Gasteiger partial charge < -0.3 is 10.1 Å². The Bertz CT molecular complexity index is 1160. The van der Waals surface area contributed by atoms with Crippen molar-refractivity contribution in [3.8, 4) is 0 Å². The predicted molar refractivity (Wildman–Crippen MR) is 144 cm³/mol. The van der Waals surface area contributed by atoms with Crippen LogP contribution in [0.1, 0.15) is 80.5 Å². The maximum atomic E-state index is 13.3. The summed E-state index contributed by atoms with van der Waals surface area (Å²) in [7, 11) is 0. The largest absolute Gasteiger partial charge is 0.442 e. The van der Waals surface area contributed by atoms with E-state index in [0.717, 1.165) is 42.2 Å². The molecule has 0 bridgehead atoms. The fourth-order valence-electron chi connectivity index (χ4n) is 5.73. The maximum absolute atomic E-state index is 13.3. The van der Waals surface area contributed by atoms with Crippen molar-refractivity contribution in [3.63, 3.8) is 0 Å². The minimum Gasteiger partial charge on any atom is -0.442 e. The van der Waals surface area contributed by atoms with Crippen LogP contribution >= 0.6 is 0 Å². The molecule has 3 atom stereocenters. The van der Waals surface area contributed by atoms with E-state index in [9.17, 15) is 28.8 Å². The van der Waals surface area contributed by atoms with Crippen molar-refractivity contribution in [1.29, 1.82) is 0 Å². The van der Waals surface area contributed by atoms with Gasteiger partial charge in [-0.15, -0.1) is 0 Å². The Hall–Kier alpha value is -3.60. The van der Waals surface area contributed by atoms with Gasteiger partial charge in [0.2, 0.25) is 11.8 Å². The van der Waals surface area contributed by atoms with E-state index < -0.39 is 48.4 Å². The summed E-state index contributed by atoms with van der Waals surface area (Å²) in [6, 6.07) is 3.74. The summed E-state index contributed by atoms with van der Waals surface area (Å²) >= 11 is 0. The number of esters is 1. The molecule has 3 heterocycles. The Morgan fingerprint density at radius 2 is 1.52 bits per heavy atom. The van der Waals surface area contributed by atoms with Gasteiger partial charge in [0.05, 0.1) is 17.2 Å². The number of nitrogens with zero attached hydrogens (tertiary/aromatic N) is 3. The average Bonchev–Trinajstić information content (AvgIpc) is 3.17. The van der Waals surface area contributed by atoms with Crippen LogP contribution in [0.15, 0.2) is 24.3 Å². The van der Waals surface area contributed by atoms with Crippen LogP contribution in [0.5, 0.6) is 0 Å². The molecule has 11 nitrogen and oxygen atoms in total. The van der Waals surface area contributed by atoms with Crippen molar-refractivity contribution in [3.05, 3.63) is 35.4 Å². The maximum Gasteiger partial charge on any atom is 0.330 e. The number of fused-ring (bicyclic) bond motifs is 1. The number of likely N-dealkylation sites (tertiary alicyclic amines) is 2. The van der Waals surface area contributed by atoms with E-state index in [0.29, 0.717) is 0 Å². The first kappa shape index (κ1) is 29.4. The van der Waals surface area contributed by atoms with Crippen LogP contribution in [0.4, 0.5) is 0 Å². The molecule has 0 aliphatic carbocycles. The van der Waals surface area contributed by atoms with Crippen LogP contribution in [-0.4, -0.2) is 88.2 Å². The molecule has 2 fully saturated rings. The number of nitrogens with one attached hydrogen (secondary N) is 1. The summed E-state index contributed by atoms with van der Waals surface area (Å²) in [6.45, 7) is 8.45. The number of imide groups is 2. The molecule has 1 aromatic carbocycles.